The summed E-state index contributed by atoms with van der Waals surface area (Å²) < 4.78 is 46.8. The number of ether oxygens (including phenoxy) is 4. The SMILES string of the molecule is COCCCN1CCOc2ccc(COC3CNCC(O)C3c3ccc(Oc4ccc(S(C)(=O)=O)cc4)cc3)cc21. The molecule has 41 heavy (non-hydrogen) atoms. The van der Waals surface area contributed by atoms with Gasteiger partial charge in [-0.3, -0.25) is 0 Å². The molecule has 9 nitrogen and oxygen atoms in total. The van der Waals surface area contributed by atoms with Crippen molar-refractivity contribution in [2.24, 2.45) is 0 Å². The second-order valence-electron chi connectivity index (χ2n) is 10.5. The number of piperidine rings is 1. The average molecular weight is 583 g/mol. The summed E-state index contributed by atoms with van der Waals surface area (Å²) in [6, 6.07) is 20.1. The third-order valence-corrected chi connectivity index (χ3v) is 8.62. The Labute approximate surface area is 241 Å². The van der Waals surface area contributed by atoms with Gasteiger partial charge in [-0.05, 0) is 66.1 Å². The van der Waals surface area contributed by atoms with Crippen LogP contribution in [0.15, 0.2) is 71.6 Å². The fourth-order valence-corrected chi connectivity index (χ4v) is 6.00. The number of β-amino-alcohol motifs (C(OH)–C–C–N with tert-alkyl or cyclic N) is 1. The zero-order valence-corrected chi connectivity index (χ0v) is 24.3. The summed E-state index contributed by atoms with van der Waals surface area (Å²) in [4.78, 5) is 2.58. The van der Waals surface area contributed by atoms with E-state index >= 15 is 0 Å². The van der Waals surface area contributed by atoms with Gasteiger partial charge < -0.3 is 34.3 Å². The van der Waals surface area contributed by atoms with Gasteiger partial charge in [0.2, 0.25) is 0 Å². The molecule has 0 spiro atoms. The summed E-state index contributed by atoms with van der Waals surface area (Å²) in [5, 5.41) is 14.2. The van der Waals surface area contributed by atoms with Gasteiger partial charge in [0.15, 0.2) is 9.84 Å². The summed E-state index contributed by atoms with van der Waals surface area (Å²) in [6.45, 7) is 4.67. The standard InChI is InChI=1S/C31H38N2O7S/c1-37-16-3-14-33-15-17-38-29-13-4-22(18-27(29)33)21-39-30-20-32-19-28(34)31(30)23-5-7-24(8-6-23)40-25-9-11-26(12-10-25)41(2,35)36/h4-13,18,28,30-32,34H,3,14-17,19-21H2,1-2H3. The number of rotatable bonds is 11. The van der Waals surface area contributed by atoms with Gasteiger partial charge in [-0.1, -0.05) is 18.2 Å². The monoisotopic (exact) mass is 582 g/mol. The highest BCUT2D eigenvalue weighted by molar-refractivity contribution is 7.90. The van der Waals surface area contributed by atoms with Crippen LogP contribution in [0.5, 0.6) is 17.2 Å². The molecule has 0 saturated carbocycles. The minimum Gasteiger partial charge on any atom is -0.490 e. The quantitative estimate of drug-likeness (QED) is 0.327. The first-order valence-electron chi connectivity index (χ1n) is 13.9. The summed E-state index contributed by atoms with van der Waals surface area (Å²) >= 11 is 0. The predicted molar refractivity (Wildman–Crippen MR) is 157 cm³/mol. The highest BCUT2D eigenvalue weighted by Gasteiger charge is 2.34. The number of sulfone groups is 1. The van der Waals surface area contributed by atoms with E-state index in [2.05, 4.69) is 16.3 Å². The fraction of sp³-hybridized carbons (Fsp3) is 0.419. The molecule has 0 aromatic heterocycles. The van der Waals surface area contributed by atoms with Gasteiger partial charge in [-0.15, -0.1) is 0 Å². The molecule has 0 radical (unpaired) electrons. The van der Waals surface area contributed by atoms with Crippen LogP contribution < -0.4 is 19.7 Å². The molecular weight excluding hydrogens is 544 g/mol. The topological polar surface area (TPSA) is 107 Å². The lowest BCUT2D eigenvalue weighted by Gasteiger charge is -2.36. The van der Waals surface area contributed by atoms with Crippen molar-refractivity contribution in [3.05, 3.63) is 77.9 Å². The Hall–Kier alpha value is -3.15. The van der Waals surface area contributed by atoms with Crippen LogP contribution in [0.1, 0.15) is 23.5 Å². The average Bonchev–Trinajstić information content (AvgIpc) is 2.97. The molecule has 1 saturated heterocycles. The number of methoxy groups -OCH3 is 1. The summed E-state index contributed by atoms with van der Waals surface area (Å²) in [6.07, 6.45) is 1.30. The van der Waals surface area contributed by atoms with Crippen molar-refractivity contribution in [2.75, 3.05) is 57.7 Å². The lowest BCUT2D eigenvalue weighted by atomic mass is 9.85. The maximum atomic E-state index is 11.7. The van der Waals surface area contributed by atoms with Crippen LogP contribution in [0.25, 0.3) is 0 Å². The summed E-state index contributed by atoms with van der Waals surface area (Å²) in [5.74, 6) is 1.85. The molecule has 0 amide bonds. The van der Waals surface area contributed by atoms with Crippen molar-refractivity contribution in [1.29, 1.82) is 0 Å². The van der Waals surface area contributed by atoms with Gasteiger partial charge >= 0.3 is 0 Å². The number of hydrogen-bond acceptors (Lipinski definition) is 9. The Balaban J connectivity index is 1.24. The zero-order chi connectivity index (χ0) is 28.8. The minimum absolute atomic E-state index is 0.203. The Morgan fingerprint density at radius 2 is 1.76 bits per heavy atom. The normalized spacial score (nSPS) is 20.8. The number of hydrogen-bond donors (Lipinski definition) is 2. The molecule has 0 aliphatic carbocycles. The van der Waals surface area contributed by atoms with Crippen LogP contribution in [0, 0.1) is 0 Å². The van der Waals surface area contributed by atoms with Gasteiger partial charge in [-0.2, -0.15) is 0 Å². The molecule has 2 N–H and O–H groups in total. The molecule has 3 aromatic carbocycles. The van der Waals surface area contributed by atoms with E-state index in [-0.39, 0.29) is 16.9 Å². The second kappa shape index (κ2) is 13.2. The molecule has 2 heterocycles. The van der Waals surface area contributed by atoms with Gasteiger partial charge in [0.05, 0.1) is 35.9 Å². The van der Waals surface area contributed by atoms with E-state index in [0.29, 0.717) is 37.8 Å². The molecule has 3 aromatic rings. The van der Waals surface area contributed by atoms with E-state index in [1.165, 1.54) is 18.4 Å². The van der Waals surface area contributed by atoms with Crippen LogP contribution in [0.3, 0.4) is 0 Å². The number of nitrogens with one attached hydrogen (secondary N) is 1. The van der Waals surface area contributed by atoms with Crippen LogP contribution in [-0.4, -0.2) is 78.5 Å². The van der Waals surface area contributed by atoms with Gasteiger partial charge in [0.1, 0.15) is 23.9 Å². The minimum atomic E-state index is -3.26. The second-order valence-corrected chi connectivity index (χ2v) is 12.5. The van der Waals surface area contributed by atoms with E-state index in [1.807, 2.05) is 36.4 Å². The predicted octanol–water partition coefficient (Wildman–Crippen LogP) is 3.75. The largest absolute Gasteiger partial charge is 0.490 e. The molecule has 220 valence electrons. The van der Waals surface area contributed by atoms with E-state index in [0.717, 1.165) is 48.7 Å². The Morgan fingerprint density at radius 1 is 1.02 bits per heavy atom. The summed E-state index contributed by atoms with van der Waals surface area (Å²) in [7, 11) is -1.54. The van der Waals surface area contributed by atoms with Crippen molar-refractivity contribution >= 4 is 15.5 Å². The Morgan fingerprint density at radius 3 is 2.46 bits per heavy atom. The number of fused-ring (bicyclic) bond motifs is 1. The molecule has 1 fully saturated rings. The highest BCUT2D eigenvalue weighted by Crippen LogP contribution is 2.34. The van der Waals surface area contributed by atoms with Crippen LogP contribution in [-0.2, 0) is 25.9 Å². The van der Waals surface area contributed by atoms with Crippen molar-refractivity contribution in [1.82, 2.24) is 5.32 Å². The Bertz CT molecular complexity index is 1400. The summed E-state index contributed by atoms with van der Waals surface area (Å²) in [5.41, 5.74) is 3.09. The number of anilines is 1. The maximum absolute atomic E-state index is 11.7. The molecular formula is C31H38N2O7S. The first-order chi connectivity index (χ1) is 19.8. The molecule has 0 bridgehead atoms. The molecule has 2 aliphatic heterocycles. The molecule has 3 atom stereocenters. The number of aliphatic hydroxyl groups is 1. The maximum Gasteiger partial charge on any atom is 0.175 e. The first kappa shape index (κ1) is 29.3. The number of nitrogens with zero attached hydrogens (tertiary/aromatic N) is 1. The van der Waals surface area contributed by atoms with E-state index in [4.69, 9.17) is 18.9 Å². The number of aliphatic hydroxyl groups excluding tert-OH is 1. The van der Waals surface area contributed by atoms with Crippen molar-refractivity contribution < 1.29 is 32.5 Å². The Kier molecular flexibility index (Phi) is 9.46. The van der Waals surface area contributed by atoms with Gasteiger partial charge in [-0.25, -0.2) is 8.42 Å². The van der Waals surface area contributed by atoms with E-state index in [9.17, 15) is 13.5 Å². The lowest BCUT2D eigenvalue weighted by molar-refractivity contribution is -0.0328. The smallest absolute Gasteiger partial charge is 0.175 e. The van der Waals surface area contributed by atoms with Crippen molar-refractivity contribution in [2.45, 2.75) is 36.0 Å². The van der Waals surface area contributed by atoms with Crippen molar-refractivity contribution in [3.8, 4) is 17.2 Å². The van der Waals surface area contributed by atoms with Gasteiger partial charge in [0.25, 0.3) is 0 Å². The molecule has 10 heteroatoms. The molecule has 2 aliphatic rings. The molecule has 3 unspecified atom stereocenters. The fourth-order valence-electron chi connectivity index (χ4n) is 5.37. The van der Waals surface area contributed by atoms with E-state index < -0.39 is 15.9 Å². The third-order valence-electron chi connectivity index (χ3n) is 7.49. The van der Waals surface area contributed by atoms with Gasteiger partial charge in [0, 0.05) is 45.5 Å². The third kappa shape index (κ3) is 7.38. The zero-order valence-electron chi connectivity index (χ0n) is 23.5. The van der Waals surface area contributed by atoms with Crippen LogP contribution >= 0.6 is 0 Å². The van der Waals surface area contributed by atoms with E-state index in [1.54, 1.807) is 19.2 Å². The molecule has 5 rings (SSSR count). The first-order valence-corrected chi connectivity index (χ1v) is 15.8. The highest BCUT2D eigenvalue weighted by atomic mass is 32.2. The lowest BCUT2D eigenvalue weighted by Crippen LogP contribution is -2.49. The van der Waals surface area contributed by atoms with Crippen LogP contribution in [0.4, 0.5) is 5.69 Å². The number of benzene rings is 3. The van der Waals surface area contributed by atoms with Crippen LogP contribution in [0.2, 0.25) is 0 Å². The van der Waals surface area contributed by atoms with Crippen molar-refractivity contribution in [3.63, 3.8) is 0 Å².